The Hall–Kier alpha value is -1.12. The summed E-state index contributed by atoms with van der Waals surface area (Å²) in [6.45, 7) is 0. The van der Waals surface area contributed by atoms with Crippen molar-refractivity contribution in [1.82, 2.24) is 0 Å². The average Bonchev–Trinajstić information content (AvgIpc) is 2.54. The number of phenolic OH excluding ortho intramolecular Hbond substituents is 1. The van der Waals surface area contributed by atoms with E-state index in [9.17, 15) is 13.9 Å². The van der Waals surface area contributed by atoms with Crippen LogP contribution in [0, 0.1) is 23.5 Å². The quantitative estimate of drug-likeness (QED) is 0.761. The number of benzene rings is 1. The van der Waals surface area contributed by atoms with E-state index in [1.807, 2.05) is 0 Å². The molecule has 1 aromatic carbocycles. The van der Waals surface area contributed by atoms with Crippen molar-refractivity contribution in [3.05, 3.63) is 29.3 Å². The third kappa shape index (κ3) is 3.07. The van der Waals surface area contributed by atoms with E-state index in [2.05, 4.69) is 0 Å². The van der Waals surface area contributed by atoms with Gasteiger partial charge in [-0.15, -0.1) is 0 Å². The lowest BCUT2D eigenvalue weighted by molar-refractivity contribution is 0.184. The highest BCUT2D eigenvalue weighted by Gasteiger charge is 2.30. The van der Waals surface area contributed by atoms with Gasteiger partial charge < -0.3 is 5.11 Å². The topological polar surface area (TPSA) is 20.2 Å². The van der Waals surface area contributed by atoms with Crippen molar-refractivity contribution in [2.24, 2.45) is 11.8 Å². The minimum absolute atomic E-state index is 0.111. The third-order valence-electron chi connectivity index (χ3n) is 5.62. The van der Waals surface area contributed by atoms with E-state index in [4.69, 9.17) is 0 Å². The van der Waals surface area contributed by atoms with E-state index in [1.54, 1.807) is 6.07 Å². The SMILES string of the molecule is Oc1ccc(C2CCC(C3CCCCC3)CC2)c(F)c1F. The molecule has 0 radical (unpaired) electrons. The molecule has 0 heterocycles. The highest BCUT2D eigenvalue weighted by atomic mass is 19.2. The van der Waals surface area contributed by atoms with Crippen molar-refractivity contribution >= 4 is 0 Å². The maximum Gasteiger partial charge on any atom is 0.200 e. The number of hydrogen-bond donors (Lipinski definition) is 1. The highest BCUT2D eigenvalue weighted by molar-refractivity contribution is 5.32. The molecule has 1 nitrogen and oxygen atoms in total. The zero-order chi connectivity index (χ0) is 14.8. The fourth-order valence-electron chi connectivity index (χ4n) is 4.38. The molecule has 0 unspecified atom stereocenters. The lowest BCUT2D eigenvalue weighted by Gasteiger charge is -2.36. The van der Waals surface area contributed by atoms with Gasteiger partial charge in [0.05, 0.1) is 0 Å². The first-order chi connectivity index (χ1) is 10.2. The number of halogens is 2. The summed E-state index contributed by atoms with van der Waals surface area (Å²) in [7, 11) is 0. The second-order valence-electron chi connectivity index (χ2n) is 6.81. The van der Waals surface area contributed by atoms with Crippen LogP contribution in [0.2, 0.25) is 0 Å². The summed E-state index contributed by atoms with van der Waals surface area (Å²) < 4.78 is 27.5. The van der Waals surface area contributed by atoms with E-state index in [0.717, 1.165) is 37.5 Å². The average molecular weight is 294 g/mol. The first-order valence-electron chi connectivity index (χ1n) is 8.33. The predicted molar refractivity (Wildman–Crippen MR) is 79.3 cm³/mol. The van der Waals surface area contributed by atoms with Crippen molar-refractivity contribution in [3.8, 4) is 5.75 Å². The van der Waals surface area contributed by atoms with Crippen LogP contribution in [0.3, 0.4) is 0 Å². The summed E-state index contributed by atoms with van der Waals surface area (Å²) in [5.74, 6) is -0.780. The number of aromatic hydroxyl groups is 1. The maximum atomic E-state index is 14.0. The van der Waals surface area contributed by atoms with Gasteiger partial charge in [0.1, 0.15) is 0 Å². The molecule has 0 amide bonds. The first kappa shape index (κ1) is 14.8. The maximum absolute atomic E-state index is 14.0. The Morgan fingerprint density at radius 1 is 0.762 bits per heavy atom. The van der Waals surface area contributed by atoms with Crippen molar-refractivity contribution < 1.29 is 13.9 Å². The molecule has 0 bridgehead atoms. The van der Waals surface area contributed by atoms with Crippen LogP contribution in [-0.4, -0.2) is 5.11 Å². The zero-order valence-corrected chi connectivity index (χ0v) is 12.5. The van der Waals surface area contributed by atoms with Crippen molar-refractivity contribution in [2.45, 2.75) is 63.7 Å². The molecule has 21 heavy (non-hydrogen) atoms. The molecule has 1 N–H and O–H groups in total. The van der Waals surface area contributed by atoms with Crippen LogP contribution in [0.5, 0.6) is 5.75 Å². The van der Waals surface area contributed by atoms with Gasteiger partial charge in [-0.25, -0.2) is 4.39 Å². The molecule has 3 rings (SSSR count). The Kier molecular flexibility index (Phi) is 4.46. The normalized spacial score (nSPS) is 27.7. The molecule has 0 atom stereocenters. The summed E-state index contributed by atoms with van der Waals surface area (Å²) in [5, 5.41) is 9.22. The van der Waals surface area contributed by atoms with E-state index in [1.165, 1.54) is 38.2 Å². The molecule has 0 spiro atoms. The molecular formula is C18H24F2O. The molecular weight excluding hydrogens is 270 g/mol. The second kappa shape index (κ2) is 6.33. The number of hydrogen-bond acceptors (Lipinski definition) is 1. The first-order valence-corrected chi connectivity index (χ1v) is 8.33. The van der Waals surface area contributed by atoms with E-state index < -0.39 is 17.4 Å². The van der Waals surface area contributed by atoms with Crippen molar-refractivity contribution in [3.63, 3.8) is 0 Å². The van der Waals surface area contributed by atoms with Crippen LogP contribution in [-0.2, 0) is 0 Å². The van der Waals surface area contributed by atoms with Crippen LogP contribution in [0.15, 0.2) is 12.1 Å². The number of phenols is 1. The zero-order valence-electron chi connectivity index (χ0n) is 12.5. The summed E-state index contributed by atoms with van der Waals surface area (Å²) in [6.07, 6.45) is 11.0. The van der Waals surface area contributed by atoms with Gasteiger partial charge in [0.15, 0.2) is 11.6 Å². The molecule has 0 aliphatic heterocycles. The third-order valence-corrected chi connectivity index (χ3v) is 5.62. The Morgan fingerprint density at radius 2 is 1.38 bits per heavy atom. The molecule has 0 aromatic heterocycles. The van der Waals surface area contributed by atoms with Gasteiger partial charge >= 0.3 is 0 Å². The fourth-order valence-corrected chi connectivity index (χ4v) is 4.38. The smallest absolute Gasteiger partial charge is 0.200 e. The van der Waals surface area contributed by atoms with E-state index in [-0.39, 0.29) is 5.92 Å². The van der Waals surface area contributed by atoms with Gasteiger partial charge in [-0.05, 0) is 55.1 Å². The summed E-state index contributed by atoms with van der Waals surface area (Å²) in [4.78, 5) is 0. The minimum Gasteiger partial charge on any atom is -0.505 e. The van der Waals surface area contributed by atoms with Crippen molar-refractivity contribution in [2.75, 3.05) is 0 Å². The summed E-state index contributed by atoms with van der Waals surface area (Å²) in [6, 6.07) is 2.83. The van der Waals surface area contributed by atoms with E-state index in [0.29, 0.717) is 5.56 Å². The van der Waals surface area contributed by atoms with E-state index >= 15 is 0 Å². The Morgan fingerprint density at radius 3 is 2.05 bits per heavy atom. The standard InChI is InChI=1S/C18H24F2O/c19-17-15(10-11-16(21)18(17)20)14-8-6-13(7-9-14)12-4-2-1-3-5-12/h10-14,21H,1-9H2. The highest BCUT2D eigenvalue weighted by Crippen LogP contribution is 2.43. The number of rotatable bonds is 2. The lowest BCUT2D eigenvalue weighted by atomic mass is 9.70. The summed E-state index contributed by atoms with van der Waals surface area (Å²) in [5.41, 5.74) is 0.451. The Labute approximate surface area is 125 Å². The molecule has 2 aliphatic rings. The van der Waals surface area contributed by atoms with Gasteiger partial charge in [-0.2, -0.15) is 4.39 Å². The molecule has 2 aliphatic carbocycles. The predicted octanol–water partition coefficient (Wildman–Crippen LogP) is 5.52. The van der Waals surface area contributed by atoms with Crippen LogP contribution < -0.4 is 0 Å². The molecule has 1 aromatic rings. The Balaban J connectivity index is 1.64. The van der Waals surface area contributed by atoms with Crippen LogP contribution >= 0.6 is 0 Å². The largest absolute Gasteiger partial charge is 0.505 e. The van der Waals surface area contributed by atoms with Crippen LogP contribution in [0.4, 0.5) is 8.78 Å². The summed E-state index contributed by atoms with van der Waals surface area (Å²) >= 11 is 0. The molecule has 3 heteroatoms. The molecule has 116 valence electrons. The second-order valence-corrected chi connectivity index (χ2v) is 6.81. The van der Waals surface area contributed by atoms with Crippen LogP contribution in [0.1, 0.15) is 69.3 Å². The molecule has 2 fully saturated rings. The van der Waals surface area contributed by atoms with Gasteiger partial charge in [-0.1, -0.05) is 38.2 Å². The van der Waals surface area contributed by atoms with Crippen LogP contribution in [0.25, 0.3) is 0 Å². The molecule has 2 saturated carbocycles. The lowest BCUT2D eigenvalue weighted by Crippen LogP contribution is -2.23. The van der Waals surface area contributed by atoms with Crippen molar-refractivity contribution in [1.29, 1.82) is 0 Å². The fraction of sp³-hybridized carbons (Fsp3) is 0.667. The monoisotopic (exact) mass is 294 g/mol. The Bertz CT molecular complexity index is 486. The van der Waals surface area contributed by atoms with Gasteiger partial charge in [0.2, 0.25) is 5.82 Å². The van der Waals surface area contributed by atoms with Gasteiger partial charge in [0.25, 0.3) is 0 Å². The minimum atomic E-state index is -1.10. The molecule has 0 saturated heterocycles. The van der Waals surface area contributed by atoms with Gasteiger partial charge in [-0.3, -0.25) is 0 Å². The van der Waals surface area contributed by atoms with Gasteiger partial charge in [0, 0.05) is 0 Å².